The summed E-state index contributed by atoms with van der Waals surface area (Å²) < 4.78 is 5.05. The summed E-state index contributed by atoms with van der Waals surface area (Å²) in [5, 5.41) is 0. The summed E-state index contributed by atoms with van der Waals surface area (Å²) >= 11 is 0. The number of aliphatic imine (C=N–C) groups is 1. The maximum absolute atomic E-state index is 11.7. The van der Waals surface area contributed by atoms with E-state index in [-0.39, 0.29) is 5.78 Å². The van der Waals surface area contributed by atoms with Crippen molar-refractivity contribution in [2.45, 2.75) is 0 Å². The summed E-state index contributed by atoms with van der Waals surface area (Å²) in [5.74, 6) is 0.615. The molecule has 3 nitrogen and oxygen atoms in total. The van der Waals surface area contributed by atoms with E-state index >= 15 is 0 Å². The maximum Gasteiger partial charge on any atom is 0.196 e. The van der Waals surface area contributed by atoms with Gasteiger partial charge in [0.2, 0.25) is 0 Å². The number of nitrogens with zero attached hydrogens (tertiary/aromatic N) is 1. The van der Waals surface area contributed by atoms with Gasteiger partial charge in [0.25, 0.3) is 0 Å². The van der Waals surface area contributed by atoms with E-state index < -0.39 is 0 Å². The second-order valence-electron chi connectivity index (χ2n) is 4.10. The van der Waals surface area contributed by atoms with Gasteiger partial charge in [0.05, 0.1) is 19.0 Å². The second-order valence-corrected chi connectivity index (χ2v) is 4.10. The predicted molar refractivity (Wildman–Crippen MR) is 81.6 cm³/mol. The predicted octanol–water partition coefficient (Wildman–Crippen LogP) is 3.68. The van der Waals surface area contributed by atoms with Crippen molar-refractivity contribution < 1.29 is 9.53 Å². The van der Waals surface area contributed by atoms with Crippen molar-refractivity contribution in [2.75, 3.05) is 7.11 Å². The van der Waals surface area contributed by atoms with Crippen LogP contribution in [0.2, 0.25) is 0 Å². The molecule has 0 spiro atoms. The zero-order valence-electron chi connectivity index (χ0n) is 11.2. The van der Waals surface area contributed by atoms with E-state index in [0.717, 1.165) is 11.3 Å². The maximum atomic E-state index is 11.7. The first kappa shape index (κ1) is 13.7. The Bertz CT molecular complexity index is 613. The van der Waals surface area contributed by atoms with Gasteiger partial charge in [-0.1, -0.05) is 36.4 Å². The van der Waals surface area contributed by atoms with E-state index in [4.69, 9.17) is 4.74 Å². The first-order chi connectivity index (χ1) is 9.78. The molecular weight excluding hydrogens is 250 g/mol. The summed E-state index contributed by atoms with van der Waals surface area (Å²) in [4.78, 5) is 15.8. The number of ketones is 1. The summed E-state index contributed by atoms with van der Waals surface area (Å²) in [7, 11) is 1.61. The van der Waals surface area contributed by atoms with Gasteiger partial charge in [0, 0.05) is 0 Å². The van der Waals surface area contributed by atoms with Gasteiger partial charge >= 0.3 is 0 Å². The number of rotatable bonds is 5. The highest BCUT2D eigenvalue weighted by Crippen LogP contribution is 2.16. The third kappa shape index (κ3) is 4.21. The Kier molecular flexibility index (Phi) is 4.84. The lowest BCUT2D eigenvalue weighted by atomic mass is 10.2. The molecule has 0 aliphatic heterocycles. The van der Waals surface area contributed by atoms with Gasteiger partial charge in [-0.15, -0.1) is 0 Å². The molecule has 100 valence electrons. The molecule has 2 aromatic carbocycles. The molecule has 0 amide bonds. The molecule has 0 fully saturated rings. The quantitative estimate of drug-likeness (QED) is 0.611. The molecule has 3 heteroatoms. The highest BCUT2D eigenvalue weighted by molar-refractivity contribution is 6.34. The van der Waals surface area contributed by atoms with Crippen molar-refractivity contribution in [1.82, 2.24) is 0 Å². The molecule has 0 saturated carbocycles. The van der Waals surface area contributed by atoms with E-state index in [9.17, 15) is 4.79 Å². The minimum atomic E-state index is -0.148. The SMILES string of the molecule is COc1ccc(N=CC(=O)/C=C/c2ccccc2)cc1. The average molecular weight is 265 g/mol. The number of carbonyl (C=O) groups is 1. The molecule has 0 unspecified atom stereocenters. The van der Waals surface area contributed by atoms with Gasteiger partial charge in [-0.2, -0.15) is 0 Å². The molecule has 0 N–H and O–H groups in total. The van der Waals surface area contributed by atoms with Crippen LogP contribution in [0.15, 0.2) is 65.7 Å². The van der Waals surface area contributed by atoms with Crippen molar-refractivity contribution in [3.8, 4) is 5.75 Å². The summed E-state index contributed by atoms with van der Waals surface area (Å²) in [6.07, 6.45) is 4.58. The Balaban J connectivity index is 1.96. The molecule has 0 atom stereocenters. The van der Waals surface area contributed by atoms with E-state index in [1.54, 1.807) is 37.5 Å². The third-order valence-corrected chi connectivity index (χ3v) is 2.65. The second kappa shape index (κ2) is 7.04. The Morgan fingerprint density at radius 1 is 1.05 bits per heavy atom. The monoisotopic (exact) mass is 265 g/mol. The topological polar surface area (TPSA) is 38.7 Å². The highest BCUT2D eigenvalue weighted by Gasteiger charge is 1.93. The van der Waals surface area contributed by atoms with Gasteiger partial charge in [-0.05, 0) is 35.9 Å². The number of methoxy groups -OCH3 is 1. The fraction of sp³-hybridized carbons (Fsp3) is 0.0588. The van der Waals surface area contributed by atoms with Gasteiger partial charge < -0.3 is 4.74 Å². The highest BCUT2D eigenvalue weighted by atomic mass is 16.5. The van der Waals surface area contributed by atoms with Gasteiger partial charge in [-0.25, -0.2) is 0 Å². The molecular formula is C17H15NO2. The normalized spacial score (nSPS) is 11.1. The molecule has 0 aromatic heterocycles. The van der Waals surface area contributed by atoms with Crippen molar-refractivity contribution in [2.24, 2.45) is 4.99 Å². The average Bonchev–Trinajstić information content (AvgIpc) is 2.52. The molecule has 0 radical (unpaired) electrons. The smallest absolute Gasteiger partial charge is 0.196 e. The first-order valence-corrected chi connectivity index (χ1v) is 6.23. The Hall–Kier alpha value is -2.68. The lowest BCUT2D eigenvalue weighted by Gasteiger charge is -1.98. The molecule has 0 bridgehead atoms. The minimum absolute atomic E-state index is 0.148. The van der Waals surface area contributed by atoms with Crippen molar-refractivity contribution in [3.05, 3.63) is 66.2 Å². The number of benzene rings is 2. The standard InChI is InChI=1S/C17H15NO2/c1-20-17-11-8-15(9-12-17)18-13-16(19)10-7-14-5-3-2-4-6-14/h2-13H,1H3/b10-7+,18-13?. The Labute approximate surface area is 118 Å². The Morgan fingerprint density at radius 3 is 2.40 bits per heavy atom. The van der Waals surface area contributed by atoms with E-state index in [2.05, 4.69) is 4.99 Å². The summed E-state index contributed by atoms with van der Waals surface area (Å²) in [5.41, 5.74) is 1.70. The zero-order chi connectivity index (χ0) is 14.2. The molecule has 2 rings (SSSR count). The summed E-state index contributed by atoms with van der Waals surface area (Å²) in [6, 6.07) is 16.9. The molecule has 0 saturated heterocycles. The summed E-state index contributed by atoms with van der Waals surface area (Å²) in [6.45, 7) is 0. The van der Waals surface area contributed by atoms with Crippen LogP contribution in [0, 0.1) is 0 Å². The van der Waals surface area contributed by atoms with Crippen LogP contribution in [0.1, 0.15) is 5.56 Å². The number of ether oxygens (including phenoxy) is 1. The third-order valence-electron chi connectivity index (χ3n) is 2.65. The number of carbonyl (C=O) groups excluding carboxylic acids is 1. The van der Waals surface area contributed by atoms with Gasteiger partial charge in [0.15, 0.2) is 5.78 Å². The molecule has 0 aliphatic carbocycles. The molecule has 20 heavy (non-hydrogen) atoms. The lowest BCUT2D eigenvalue weighted by molar-refractivity contribution is -0.108. The number of hydrogen-bond donors (Lipinski definition) is 0. The van der Waals surface area contributed by atoms with Gasteiger partial charge in [-0.3, -0.25) is 9.79 Å². The van der Waals surface area contributed by atoms with Crippen LogP contribution < -0.4 is 4.74 Å². The zero-order valence-corrected chi connectivity index (χ0v) is 11.2. The molecule has 0 heterocycles. The van der Waals surface area contributed by atoms with Crippen LogP contribution in [-0.2, 0) is 4.79 Å². The van der Waals surface area contributed by atoms with Crippen LogP contribution in [0.5, 0.6) is 5.75 Å². The van der Waals surface area contributed by atoms with Crippen molar-refractivity contribution >= 4 is 23.8 Å². The van der Waals surface area contributed by atoms with E-state index in [0.29, 0.717) is 5.69 Å². The Morgan fingerprint density at radius 2 is 1.75 bits per heavy atom. The molecule has 0 aliphatic rings. The van der Waals surface area contributed by atoms with Crippen LogP contribution in [0.25, 0.3) is 6.08 Å². The fourth-order valence-corrected chi connectivity index (χ4v) is 1.59. The van der Waals surface area contributed by atoms with Crippen LogP contribution in [0.3, 0.4) is 0 Å². The number of allylic oxidation sites excluding steroid dienone is 1. The van der Waals surface area contributed by atoms with Crippen LogP contribution >= 0.6 is 0 Å². The van der Waals surface area contributed by atoms with Crippen molar-refractivity contribution in [3.63, 3.8) is 0 Å². The van der Waals surface area contributed by atoms with E-state index in [1.807, 2.05) is 30.3 Å². The van der Waals surface area contributed by atoms with Crippen molar-refractivity contribution in [1.29, 1.82) is 0 Å². The van der Waals surface area contributed by atoms with Gasteiger partial charge in [0.1, 0.15) is 5.75 Å². The molecule has 2 aromatic rings. The lowest BCUT2D eigenvalue weighted by Crippen LogP contribution is -1.92. The largest absolute Gasteiger partial charge is 0.497 e. The van der Waals surface area contributed by atoms with Crippen LogP contribution in [-0.4, -0.2) is 19.1 Å². The first-order valence-electron chi connectivity index (χ1n) is 6.23. The van der Waals surface area contributed by atoms with E-state index in [1.165, 1.54) is 12.3 Å². The fourth-order valence-electron chi connectivity index (χ4n) is 1.59. The minimum Gasteiger partial charge on any atom is -0.497 e. The number of hydrogen-bond acceptors (Lipinski definition) is 3. The van der Waals surface area contributed by atoms with Crippen LogP contribution in [0.4, 0.5) is 5.69 Å².